The van der Waals surface area contributed by atoms with Crippen molar-refractivity contribution in [3.63, 3.8) is 0 Å². The van der Waals surface area contributed by atoms with E-state index in [0.717, 1.165) is 51.0 Å². The minimum atomic E-state index is -4.90. The molecule has 0 spiro atoms. The lowest BCUT2D eigenvalue weighted by Gasteiger charge is -2.14. The lowest BCUT2D eigenvalue weighted by Crippen LogP contribution is -2.11. The summed E-state index contributed by atoms with van der Waals surface area (Å²) in [6.07, 6.45) is -9.80. The van der Waals surface area contributed by atoms with Gasteiger partial charge >= 0.3 is 12.4 Å². The molecule has 41 heavy (non-hydrogen) atoms. The van der Waals surface area contributed by atoms with Crippen LogP contribution in [0.25, 0.3) is 55.9 Å². The summed E-state index contributed by atoms with van der Waals surface area (Å²) in [5, 5.41) is 0. The van der Waals surface area contributed by atoms with Crippen molar-refractivity contribution in [1.29, 1.82) is 0 Å². The largest absolute Gasteiger partial charge is 0.436 e. The van der Waals surface area contributed by atoms with Gasteiger partial charge in [0, 0.05) is 5.56 Å². The predicted molar refractivity (Wildman–Crippen MR) is 146 cm³/mol. The molecule has 0 unspecified atom stereocenters. The van der Waals surface area contributed by atoms with Gasteiger partial charge in [0.25, 0.3) is 0 Å². The molecule has 5 aromatic carbocycles. The average molecular weight is 560 g/mol. The smallest absolute Gasteiger partial charge is 0.416 e. The highest BCUT2D eigenvalue weighted by atomic mass is 19.4. The predicted octanol–water partition coefficient (Wildman–Crippen LogP) is 10.5. The molecular formula is C33H19F6NO. The van der Waals surface area contributed by atoms with Gasteiger partial charge in [0.2, 0.25) is 5.89 Å². The quantitative estimate of drug-likeness (QED) is 0.201. The number of oxazole rings is 1. The third-order valence-corrected chi connectivity index (χ3v) is 6.78. The Labute approximate surface area is 230 Å². The molecule has 0 atom stereocenters. The topological polar surface area (TPSA) is 26.0 Å². The van der Waals surface area contributed by atoms with E-state index >= 15 is 0 Å². The van der Waals surface area contributed by atoms with E-state index in [1.54, 1.807) is 12.1 Å². The van der Waals surface area contributed by atoms with E-state index in [2.05, 4.69) is 4.98 Å². The zero-order valence-electron chi connectivity index (χ0n) is 21.1. The first-order chi connectivity index (χ1) is 19.5. The molecule has 0 aliphatic carbocycles. The number of halogens is 6. The maximum Gasteiger partial charge on any atom is 0.416 e. The molecule has 6 rings (SSSR count). The number of fused-ring (bicyclic) bond motifs is 1. The molecule has 0 amide bonds. The summed E-state index contributed by atoms with van der Waals surface area (Å²) in [5.74, 6) is 0.538. The van der Waals surface area contributed by atoms with Crippen LogP contribution < -0.4 is 0 Å². The maximum atomic E-state index is 13.3. The highest BCUT2D eigenvalue weighted by molar-refractivity contribution is 5.77. The van der Waals surface area contributed by atoms with E-state index in [-0.39, 0.29) is 17.2 Å². The summed E-state index contributed by atoms with van der Waals surface area (Å²) in [7, 11) is 0. The van der Waals surface area contributed by atoms with Crippen molar-refractivity contribution in [3.8, 4) is 44.8 Å². The second kappa shape index (κ2) is 9.96. The van der Waals surface area contributed by atoms with Crippen LogP contribution in [-0.2, 0) is 12.4 Å². The van der Waals surface area contributed by atoms with Gasteiger partial charge in [0.1, 0.15) is 5.52 Å². The van der Waals surface area contributed by atoms with Crippen LogP contribution >= 0.6 is 0 Å². The number of para-hydroxylation sites is 2. The summed E-state index contributed by atoms with van der Waals surface area (Å²) in [6.45, 7) is 0. The third-order valence-electron chi connectivity index (χ3n) is 6.78. The number of rotatable bonds is 4. The van der Waals surface area contributed by atoms with Gasteiger partial charge in [0.05, 0.1) is 11.1 Å². The van der Waals surface area contributed by atoms with Gasteiger partial charge in [-0.05, 0) is 75.8 Å². The SMILES string of the molecule is FC(F)(F)c1cc(-c2ccc(-c3ccc(-c4ccc(-c5nc6ccccc6o5)cc4)cc3)cc2)cc(C(F)(F)F)c1. The molecular weight excluding hydrogens is 540 g/mol. The first kappa shape index (κ1) is 26.4. The molecule has 8 heteroatoms. The number of aromatic nitrogens is 1. The fourth-order valence-corrected chi connectivity index (χ4v) is 4.63. The highest BCUT2D eigenvalue weighted by Crippen LogP contribution is 2.39. The molecule has 1 heterocycles. The van der Waals surface area contributed by atoms with E-state index < -0.39 is 23.5 Å². The molecule has 0 aliphatic rings. The Bertz CT molecular complexity index is 1770. The Hall–Kier alpha value is -4.85. The number of benzene rings is 5. The molecule has 2 nitrogen and oxygen atoms in total. The van der Waals surface area contributed by atoms with Crippen LogP contribution in [0.5, 0.6) is 0 Å². The number of alkyl halides is 6. The summed E-state index contributed by atoms with van der Waals surface area (Å²) in [5.41, 5.74) is 3.34. The van der Waals surface area contributed by atoms with Gasteiger partial charge in [-0.15, -0.1) is 0 Å². The second-order valence-corrected chi connectivity index (χ2v) is 9.51. The van der Waals surface area contributed by atoms with E-state index in [0.29, 0.717) is 5.89 Å². The Morgan fingerprint density at radius 2 is 0.829 bits per heavy atom. The van der Waals surface area contributed by atoms with Crippen molar-refractivity contribution in [2.45, 2.75) is 12.4 Å². The monoisotopic (exact) mass is 559 g/mol. The molecule has 0 N–H and O–H groups in total. The molecule has 0 fully saturated rings. The lowest BCUT2D eigenvalue weighted by molar-refractivity contribution is -0.143. The summed E-state index contributed by atoms with van der Waals surface area (Å²) >= 11 is 0. The third kappa shape index (κ3) is 5.45. The maximum absolute atomic E-state index is 13.3. The summed E-state index contributed by atoms with van der Waals surface area (Å²) in [4.78, 5) is 4.52. The second-order valence-electron chi connectivity index (χ2n) is 9.51. The highest BCUT2D eigenvalue weighted by Gasteiger charge is 2.37. The van der Waals surface area contributed by atoms with Gasteiger partial charge in [-0.3, -0.25) is 0 Å². The summed E-state index contributed by atoms with van der Waals surface area (Å²) in [6, 6.07) is 31.0. The van der Waals surface area contributed by atoms with Crippen LogP contribution in [0, 0.1) is 0 Å². The van der Waals surface area contributed by atoms with E-state index in [9.17, 15) is 26.3 Å². The zero-order valence-corrected chi connectivity index (χ0v) is 21.1. The van der Waals surface area contributed by atoms with Gasteiger partial charge < -0.3 is 4.42 Å². The molecule has 0 saturated carbocycles. The van der Waals surface area contributed by atoms with Crippen molar-refractivity contribution in [2.24, 2.45) is 0 Å². The van der Waals surface area contributed by atoms with Gasteiger partial charge in [0.15, 0.2) is 5.58 Å². The lowest BCUT2D eigenvalue weighted by atomic mass is 9.96. The molecule has 204 valence electrons. The number of hydrogen-bond donors (Lipinski definition) is 0. The van der Waals surface area contributed by atoms with Crippen LogP contribution in [-0.4, -0.2) is 4.98 Å². The minimum Gasteiger partial charge on any atom is -0.436 e. The van der Waals surface area contributed by atoms with Crippen LogP contribution in [0.3, 0.4) is 0 Å². The van der Waals surface area contributed by atoms with Crippen LogP contribution in [0.1, 0.15) is 11.1 Å². The van der Waals surface area contributed by atoms with Gasteiger partial charge in [-0.2, -0.15) is 26.3 Å². The molecule has 1 aromatic heterocycles. The Morgan fingerprint density at radius 3 is 1.24 bits per heavy atom. The van der Waals surface area contributed by atoms with Crippen molar-refractivity contribution in [1.82, 2.24) is 4.98 Å². The Balaban J connectivity index is 1.22. The van der Waals surface area contributed by atoms with Crippen LogP contribution in [0.4, 0.5) is 26.3 Å². The summed E-state index contributed by atoms with van der Waals surface area (Å²) < 4.78 is 85.4. The van der Waals surface area contributed by atoms with Crippen LogP contribution in [0.2, 0.25) is 0 Å². The standard InChI is InChI=1S/C33H19F6NO/c34-32(35,36)27-17-26(18-28(19-27)33(37,38)39)24-11-9-22(10-12-24)20-5-7-21(8-6-20)23-13-15-25(16-14-23)31-40-29-3-1-2-4-30(29)41-31/h1-19H. The Kier molecular flexibility index (Phi) is 6.41. The molecule has 6 aromatic rings. The molecule has 0 aliphatic heterocycles. The number of hydrogen-bond acceptors (Lipinski definition) is 2. The molecule has 0 bridgehead atoms. The van der Waals surface area contributed by atoms with Crippen molar-refractivity contribution in [3.05, 3.63) is 126 Å². The zero-order chi connectivity index (χ0) is 28.8. The van der Waals surface area contributed by atoms with Crippen molar-refractivity contribution in [2.75, 3.05) is 0 Å². The first-order valence-corrected chi connectivity index (χ1v) is 12.5. The fraction of sp³-hybridized carbons (Fsp3) is 0.0606. The number of nitrogens with zero attached hydrogens (tertiary/aromatic N) is 1. The minimum absolute atomic E-state index is 0.128. The first-order valence-electron chi connectivity index (χ1n) is 12.5. The van der Waals surface area contributed by atoms with Gasteiger partial charge in [-0.1, -0.05) is 72.8 Å². The van der Waals surface area contributed by atoms with Crippen molar-refractivity contribution >= 4 is 11.1 Å². The van der Waals surface area contributed by atoms with E-state index in [4.69, 9.17) is 4.42 Å². The average Bonchev–Trinajstić information content (AvgIpc) is 3.41. The van der Waals surface area contributed by atoms with Crippen molar-refractivity contribution < 1.29 is 30.8 Å². The van der Waals surface area contributed by atoms with Gasteiger partial charge in [-0.25, -0.2) is 4.98 Å². The van der Waals surface area contributed by atoms with Crippen LogP contribution in [0.15, 0.2) is 120 Å². The molecule has 0 radical (unpaired) electrons. The van der Waals surface area contributed by atoms with E-state index in [1.165, 1.54) is 12.1 Å². The Morgan fingerprint density at radius 1 is 0.439 bits per heavy atom. The molecule has 0 saturated heterocycles. The normalized spacial score (nSPS) is 12.1. The fourth-order valence-electron chi connectivity index (χ4n) is 4.63. The van der Waals surface area contributed by atoms with E-state index in [1.807, 2.05) is 72.8 Å².